The molecule has 0 aromatic rings. The summed E-state index contributed by atoms with van der Waals surface area (Å²) in [6, 6.07) is 0. The van der Waals surface area contributed by atoms with E-state index in [0.29, 0.717) is 35.1 Å². The minimum Gasteiger partial charge on any atom is -0.396 e. The lowest BCUT2D eigenvalue weighted by Crippen LogP contribution is -2.51. The van der Waals surface area contributed by atoms with Gasteiger partial charge < -0.3 is 5.11 Å². The molecule has 0 aromatic heterocycles. The molecule has 2 nitrogen and oxygen atoms in total. The van der Waals surface area contributed by atoms with E-state index in [2.05, 4.69) is 20.8 Å². The molecule has 3 fully saturated rings. The Morgan fingerprint density at radius 2 is 1.92 bits per heavy atom. The first-order valence-electron chi connectivity index (χ1n) is 10.2. The van der Waals surface area contributed by atoms with Crippen LogP contribution in [0, 0.1) is 40.4 Å². The number of carbonyl (C=O) groups is 1. The summed E-state index contributed by atoms with van der Waals surface area (Å²) in [5.41, 5.74) is 2.20. The predicted octanol–water partition coefficient (Wildman–Crippen LogP) is 4.76. The van der Waals surface area contributed by atoms with Gasteiger partial charge in [0.2, 0.25) is 0 Å². The van der Waals surface area contributed by atoms with Crippen LogP contribution in [0.15, 0.2) is 11.6 Å². The number of hydrogen-bond donors (Lipinski definition) is 1. The van der Waals surface area contributed by atoms with Gasteiger partial charge in [-0.25, -0.2) is 0 Å². The van der Waals surface area contributed by atoms with Crippen molar-refractivity contribution in [1.29, 1.82) is 0 Å². The molecule has 134 valence electrons. The fourth-order valence-electron chi connectivity index (χ4n) is 7.66. The summed E-state index contributed by atoms with van der Waals surface area (Å²) in [6.07, 6.45) is 11.6. The molecule has 0 heterocycles. The van der Waals surface area contributed by atoms with Gasteiger partial charge in [-0.3, -0.25) is 4.79 Å². The number of hydrogen-bond acceptors (Lipinski definition) is 2. The second-order valence-electron chi connectivity index (χ2n) is 9.86. The van der Waals surface area contributed by atoms with Crippen LogP contribution >= 0.6 is 0 Å². The summed E-state index contributed by atoms with van der Waals surface area (Å²) in [5.74, 6) is 3.97. The van der Waals surface area contributed by atoms with E-state index in [4.69, 9.17) is 0 Å². The quantitative estimate of drug-likeness (QED) is 0.792. The summed E-state index contributed by atoms with van der Waals surface area (Å²) in [6.45, 7) is 7.59. The first-order chi connectivity index (χ1) is 11.4. The van der Waals surface area contributed by atoms with Crippen molar-refractivity contribution in [2.45, 2.75) is 72.1 Å². The van der Waals surface area contributed by atoms with Gasteiger partial charge in [0.1, 0.15) is 0 Å². The van der Waals surface area contributed by atoms with Gasteiger partial charge in [-0.2, -0.15) is 0 Å². The SMILES string of the molecule is C[C@H](CO)[C@@H]1CC[C@@H]2[C@@H]3CCC4=CC(=O)CC[C@]4(C)[C@H]3CC[C@@]21C. The van der Waals surface area contributed by atoms with E-state index in [0.717, 1.165) is 37.0 Å². The van der Waals surface area contributed by atoms with Crippen molar-refractivity contribution in [3.05, 3.63) is 11.6 Å². The van der Waals surface area contributed by atoms with Gasteiger partial charge in [0, 0.05) is 13.0 Å². The normalized spacial score (nSPS) is 49.0. The van der Waals surface area contributed by atoms with Gasteiger partial charge in [0.15, 0.2) is 5.78 Å². The number of fused-ring (bicyclic) bond motifs is 5. The molecule has 2 heteroatoms. The van der Waals surface area contributed by atoms with Gasteiger partial charge in [-0.15, -0.1) is 0 Å². The van der Waals surface area contributed by atoms with Gasteiger partial charge in [-0.1, -0.05) is 26.3 Å². The fraction of sp³-hybridized carbons (Fsp3) is 0.864. The molecule has 7 atom stereocenters. The average Bonchev–Trinajstić information content (AvgIpc) is 2.92. The highest BCUT2D eigenvalue weighted by molar-refractivity contribution is 5.91. The highest BCUT2D eigenvalue weighted by Crippen LogP contribution is 2.67. The third-order valence-corrected chi connectivity index (χ3v) is 9.01. The summed E-state index contributed by atoms with van der Waals surface area (Å²) < 4.78 is 0. The first kappa shape index (κ1) is 16.8. The van der Waals surface area contributed by atoms with Crippen LogP contribution in [0.2, 0.25) is 0 Å². The predicted molar refractivity (Wildman–Crippen MR) is 96.4 cm³/mol. The molecule has 0 unspecified atom stereocenters. The highest BCUT2D eigenvalue weighted by Gasteiger charge is 2.59. The van der Waals surface area contributed by atoms with Crippen LogP contribution in [-0.4, -0.2) is 17.5 Å². The van der Waals surface area contributed by atoms with E-state index in [1.165, 1.54) is 37.7 Å². The van der Waals surface area contributed by atoms with E-state index in [1.54, 1.807) is 0 Å². The molecule has 24 heavy (non-hydrogen) atoms. The van der Waals surface area contributed by atoms with Crippen molar-refractivity contribution in [3.63, 3.8) is 0 Å². The topological polar surface area (TPSA) is 37.3 Å². The van der Waals surface area contributed by atoms with Crippen LogP contribution in [0.3, 0.4) is 0 Å². The van der Waals surface area contributed by atoms with Gasteiger partial charge in [0.25, 0.3) is 0 Å². The summed E-state index contributed by atoms with van der Waals surface area (Å²) >= 11 is 0. The lowest BCUT2D eigenvalue weighted by atomic mass is 9.46. The molecule has 0 bridgehead atoms. The van der Waals surface area contributed by atoms with Crippen LogP contribution in [0.25, 0.3) is 0 Å². The third kappa shape index (κ3) is 2.21. The molecule has 0 aromatic carbocycles. The Kier molecular flexibility index (Phi) is 3.99. The zero-order valence-corrected chi connectivity index (χ0v) is 15.7. The second kappa shape index (κ2) is 5.69. The standard InChI is InChI=1S/C22H34O2/c1-14(13-23)18-6-7-19-17-5-4-15-12-16(24)8-10-21(15,2)20(17)9-11-22(18,19)3/h12,14,17-20,23H,4-11,13H2,1-3H3/t14-,17+,18+,19-,20+,21+,22-/m1/s1. The molecule has 1 N–H and O–H groups in total. The summed E-state index contributed by atoms with van der Waals surface area (Å²) in [5, 5.41) is 9.71. The lowest BCUT2D eigenvalue weighted by molar-refractivity contribution is -0.117. The van der Waals surface area contributed by atoms with Crippen molar-refractivity contribution in [3.8, 4) is 0 Å². The molecule has 0 spiro atoms. The number of rotatable bonds is 2. The van der Waals surface area contributed by atoms with Crippen molar-refractivity contribution in [1.82, 2.24) is 0 Å². The Labute approximate surface area is 147 Å². The molecule has 0 amide bonds. The molecule has 4 aliphatic rings. The number of ketones is 1. The number of aliphatic hydroxyl groups is 1. The van der Waals surface area contributed by atoms with Crippen molar-refractivity contribution >= 4 is 5.78 Å². The van der Waals surface area contributed by atoms with E-state index in [9.17, 15) is 9.90 Å². The molecule has 4 rings (SSSR count). The van der Waals surface area contributed by atoms with E-state index in [-0.39, 0.29) is 0 Å². The second-order valence-corrected chi connectivity index (χ2v) is 9.86. The Morgan fingerprint density at radius 1 is 1.12 bits per heavy atom. The van der Waals surface area contributed by atoms with Crippen molar-refractivity contribution in [2.75, 3.05) is 6.61 Å². The van der Waals surface area contributed by atoms with Gasteiger partial charge in [-0.05, 0) is 91.4 Å². The molecular formula is C22H34O2. The van der Waals surface area contributed by atoms with Crippen molar-refractivity contribution in [2.24, 2.45) is 40.4 Å². The van der Waals surface area contributed by atoms with Crippen LogP contribution in [0.1, 0.15) is 72.1 Å². The van der Waals surface area contributed by atoms with Crippen molar-refractivity contribution < 1.29 is 9.90 Å². The molecule has 0 saturated heterocycles. The Balaban J connectivity index is 1.63. The molecule has 3 saturated carbocycles. The minimum absolute atomic E-state index is 0.291. The molecule has 0 radical (unpaired) electrons. The zero-order chi connectivity index (χ0) is 17.1. The fourth-order valence-corrected chi connectivity index (χ4v) is 7.66. The van der Waals surface area contributed by atoms with E-state index in [1.807, 2.05) is 6.08 Å². The maximum atomic E-state index is 11.9. The smallest absolute Gasteiger partial charge is 0.155 e. The number of aliphatic hydroxyl groups excluding tert-OH is 1. The van der Waals surface area contributed by atoms with E-state index >= 15 is 0 Å². The summed E-state index contributed by atoms with van der Waals surface area (Å²) in [7, 11) is 0. The zero-order valence-electron chi connectivity index (χ0n) is 15.7. The van der Waals surface area contributed by atoms with Gasteiger partial charge in [0.05, 0.1) is 0 Å². The first-order valence-corrected chi connectivity index (χ1v) is 10.2. The molecule has 4 aliphatic carbocycles. The third-order valence-electron chi connectivity index (χ3n) is 9.01. The number of allylic oxidation sites excluding steroid dienone is 1. The highest BCUT2D eigenvalue weighted by atomic mass is 16.3. The minimum atomic E-state index is 0.291. The Bertz CT molecular complexity index is 564. The lowest BCUT2D eigenvalue weighted by Gasteiger charge is -2.58. The van der Waals surface area contributed by atoms with Crippen LogP contribution in [0.4, 0.5) is 0 Å². The van der Waals surface area contributed by atoms with Crippen LogP contribution in [0.5, 0.6) is 0 Å². The van der Waals surface area contributed by atoms with Crippen LogP contribution in [-0.2, 0) is 4.79 Å². The van der Waals surface area contributed by atoms with Crippen LogP contribution < -0.4 is 0 Å². The van der Waals surface area contributed by atoms with E-state index < -0.39 is 0 Å². The Hall–Kier alpha value is -0.630. The largest absolute Gasteiger partial charge is 0.396 e. The number of carbonyl (C=O) groups excluding carboxylic acids is 1. The van der Waals surface area contributed by atoms with Gasteiger partial charge >= 0.3 is 0 Å². The maximum Gasteiger partial charge on any atom is 0.155 e. The molecular weight excluding hydrogens is 296 g/mol. The molecule has 0 aliphatic heterocycles. The average molecular weight is 331 g/mol. The maximum absolute atomic E-state index is 11.9. The Morgan fingerprint density at radius 3 is 2.67 bits per heavy atom. The monoisotopic (exact) mass is 330 g/mol. The summed E-state index contributed by atoms with van der Waals surface area (Å²) in [4.78, 5) is 11.9.